The van der Waals surface area contributed by atoms with Crippen LogP contribution in [0.3, 0.4) is 0 Å². The van der Waals surface area contributed by atoms with Crippen LogP contribution in [0.1, 0.15) is 15.6 Å². The molecule has 1 rings (SSSR count). The number of hydrogen-bond donors (Lipinski definition) is 2. The molecule has 1 aromatic heterocycles. The average Bonchev–Trinajstić information content (AvgIpc) is 2.46. The fourth-order valence-corrected chi connectivity index (χ4v) is 1.96. The van der Waals surface area contributed by atoms with Crippen LogP contribution < -0.4 is 11.1 Å². The van der Waals surface area contributed by atoms with Gasteiger partial charge in [-0.3, -0.25) is 4.99 Å². The Kier molecular flexibility index (Phi) is 6.82. The Balaban J connectivity index is 0.00000196. The van der Waals surface area contributed by atoms with Crippen LogP contribution in [0.2, 0.25) is 0 Å². The first-order valence-electron chi connectivity index (χ1n) is 4.52. The largest absolute Gasteiger partial charge is 0.370 e. The van der Waals surface area contributed by atoms with Crippen molar-refractivity contribution >= 4 is 41.3 Å². The summed E-state index contributed by atoms with van der Waals surface area (Å²) in [6, 6.07) is 0. The van der Waals surface area contributed by atoms with E-state index in [-0.39, 0.29) is 24.0 Å². The van der Waals surface area contributed by atoms with E-state index in [1.165, 1.54) is 4.88 Å². The molecule has 0 aliphatic carbocycles. The molecule has 15 heavy (non-hydrogen) atoms. The van der Waals surface area contributed by atoms with E-state index in [4.69, 9.17) is 5.73 Å². The molecule has 0 spiro atoms. The Bertz CT molecular complexity index is 315. The Hall–Kier alpha value is -0.370. The topological polar surface area (TPSA) is 63.3 Å². The summed E-state index contributed by atoms with van der Waals surface area (Å²) in [4.78, 5) is 9.53. The lowest BCUT2D eigenvalue weighted by molar-refractivity contribution is 0.847. The molecule has 1 heterocycles. The highest BCUT2D eigenvalue weighted by Crippen LogP contribution is 2.16. The number of nitrogens with zero attached hydrogens (tertiary/aromatic N) is 2. The van der Waals surface area contributed by atoms with Crippen LogP contribution in [-0.2, 0) is 6.42 Å². The fourth-order valence-electron chi connectivity index (χ4n) is 1.02. The number of halogens is 1. The first kappa shape index (κ1) is 14.6. The lowest BCUT2D eigenvalue weighted by Crippen LogP contribution is -2.32. The number of aliphatic imine (C=N–C) groups is 1. The lowest BCUT2D eigenvalue weighted by Gasteiger charge is -2.01. The SMILES string of the molecule is CN=C(N)NCCc1nc(C)c(C)s1.I. The maximum atomic E-state index is 5.49. The van der Waals surface area contributed by atoms with Gasteiger partial charge in [0, 0.05) is 24.9 Å². The van der Waals surface area contributed by atoms with Gasteiger partial charge in [-0.25, -0.2) is 4.98 Å². The number of nitrogens with one attached hydrogen (secondary N) is 1. The molecule has 0 unspecified atom stereocenters. The average molecular weight is 340 g/mol. The normalized spacial score (nSPS) is 11.0. The second-order valence-corrected chi connectivity index (χ2v) is 4.32. The molecule has 0 saturated heterocycles. The maximum absolute atomic E-state index is 5.49. The first-order chi connectivity index (χ1) is 6.63. The van der Waals surface area contributed by atoms with Gasteiger partial charge >= 0.3 is 0 Å². The van der Waals surface area contributed by atoms with Crippen LogP contribution in [0, 0.1) is 13.8 Å². The van der Waals surface area contributed by atoms with Gasteiger partial charge in [-0.05, 0) is 13.8 Å². The summed E-state index contributed by atoms with van der Waals surface area (Å²) in [7, 11) is 1.67. The van der Waals surface area contributed by atoms with Gasteiger partial charge in [0.2, 0.25) is 0 Å². The van der Waals surface area contributed by atoms with E-state index in [0.717, 1.165) is 23.7 Å². The van der Waals surface area contributed by atoms with Crippen molar-refractivity contribution in [1.82, 2.24) is 10.3 Å². The smallest absolute Gasteiger partial charge is 0.188 e. The molecule has 4 nitrogen and oxygen atoms in total. The first-order valence-corrected chi connectivity index (χ1v) is 5.34. The molecule has 6 heteroatoms. The van der Waals surface area contributed by atoms with E-state index in [1.54, 1.807) is 18.4 Å². The lowest BCUT2D eigenvalue weighted by atomic mass is 10.4. The van der Waals surface area contributed by atoms with Gasteiger partial charge < -0.3 is 11.1 Å². The van der Waals surface area contributed by atoms with Gasteiger partial charge in [0.05, 0.1) is 10.7 Å². The zero-order valence-electron chi connectivity index (χ0n) is 9.20. The highest BCUT2D eigenvalue weighted by atomic mass is 127. The molecule has 86 valence electrons. The number of nitrogens with two attached hydrogens (primary N) is 1. The summed E-state index contributed by atoms with van der Waals surface area (Å²) in [6.07, 6.45) is 0.898. The summed E-state index contributed by atoms with van der Waals surface area (Å²) >= 11 is 1.74. The second-order valence-electron chi connectivity index (χ2n) is 3.03. The molecule has 1 aromatic rings. The predicted octanol–water partition coefficient (Wildman–Crippen LogP) is 1.45. The number of rotatable bonds is 3. The van der Waals surface area contributed by atoms with Crippen LogP contribution in [-0.4, -0.2) is 24.5 Å². The minimum absolute atomic E-state index is 0. The van der Waals surface area contributed by atoms with Gasteiger partial charge in [-0.15, -0.1) is 35.3 Å². The summed E-state index contributed by atoms with van der Waals surface area (Å²) < 4.78 is 0. The van der Waals surface area contributed by atoms with Gasteiger partial charge in [-0.2, -0.15) is 0 Å². The molecular weight excluding hydrogens is 323 g/mol. The van der Waals surface area contributed by atoms with Gasteiger partial charge in [0.1, 0.15) is 0 Å². The molecule has 3 N–H and O–H groups in total. The van der Waals surface area contributed by atoms with Crippen molar-refractivity contribution in [1.29, 1.82) is 0 Å². The van der Waals surface area contributed by atoms with Crippen LogP contribution in [0.5, 0.6) is 0 Å². The highest BCUT2D eigenvalue weighted by molar-refractivity contribution is 14.0. The molecular formula is C9H17IN4S. The molecule has 0 bridgehead atoms. The minimum Gasteiger partial charge on any atom is -0.370 e. The van der Waals surface area contributed by atoms with Crippen molar-refractivity contribution in [3.63, 3.8) is 0 Å². The molecule has 0 aliphatic heterocycles. The van der Waals surface area contributed by atoms with Crippen LogP contribution >= 0.6 is 35.3 Å². The van der Waals surface area contributed by atoms with Crippen molar-refractivity contribution in [2.24, 2.45) is 10.7 Å². The van der Waals surface area contributed by atoms with Crippen molar-refractivity contribution < 1.29 is 0 Å². The summed E-state index contributed by atoms with van der Waals surface area (Å²) in [6.45, 7) is 4.91. The van der Waals surface area contributed by atoms with Gasteiger partial charge in [-0.1, -0.05) is 0 Å². The van der Waals surface area contributed by atoms with E-state index in [2.05, 4.69) is 22.2 Å². The molecule has 0 aromatic carbocycles. The molecule has 0 aliphatic rings. The monoisotopic (exact) mass is 340 g/mol. The van der Waals surface area contributed by atoms with Gasteiger partial charge in [0.25, 0.3) is 0 Å². The zero-order chi connectivity index (χ0) is 10.6. The molecule has 0 atom stereocenters. The highest BCUT2D eigenvalue weighted by Gasteiger charge is 2.02. The second kappa shape index (κ2) is 7.00. The molecule has 0 fully saturated rings. The Morgan fingerprint density at radius 2 is 2.20 bits per heavy atom. The van der Waals surface area contributed by atoms with Crippen LogP contribution in [0.25, 0.3) is 0 Å². The van der Waals surface area contributed by atoms with E-state index in [1.807, 2.05) is 6.92 Å². The standard InChI is InChI=1S/C9H16N4S.HI/c1-6-7(2)14-8(13-6)4-5-12-9(10)11-3;/h4-5H2,1-3H3,(H3,10,11,12);1H. The van der Waals surface area contributed by atoms with E-state index in [0.29, 0.717) is 5.96 Å². The van der Waals surface area contributed by atoms with Gasteiger partial charge in [0.15, 0.2) is 5.96 Å². The molecule has 0 amide bonds. The van der Waals surface area contributed by atoms with Crippen molar-refractivity contribution in [2.75, 3.05) is 13.6 Å². The Labute approximate surface area is 111 Å². The Morgan fingerprint density at radius 1 is 1.53 bits per heavy atom. The zero-order valence-corrected chi connectivity index (χ0v) is 12.3. The Morgan fingerprint density at radius 3 is 2.67 bits per heavy atom. The van der Waals surface area contributed by atoms with Crippen molar-refractivity contribution in [2.45, 2.75) is 20.3 Å². The van der Waals surface area contributed by atoms with E-state index in [9.17, 15) is 0 Å². The third-order valence-electron chi connectivity index (χ3n) is 1.96. The minimum atomic E-state index is 0. The number of hydrogen-bond acceptors (Lipinski definition) is 3. The van der Waals surface area contributed by atoms with Crippen molar-refractivity contribution in [3.05, 3.63) is 15.6 Å². The van der Waals surface area contributed by atoms with Crippen molar-refractivity contribution in [3.8, 4) is 0 Å². The molecule has 0 saturated carbocycles. The number of aromatic nitrogens is 1. The predicted molar refractivity (Wildman–Crippen MR) is 76.3 cm³/mol. The summed E-state index contributed by atoms with van der Waals surface area (Å²) in [5.41, 5.74) is 6.62. The third-order valence-corrected chi connectivity index (χ3v) is 3.09. The fraction of sp³-hybridized carbons (Fsp3) is 0.556. The summed E-state index contributed by atoms with van der Waals surface area (Å²) in [5.74, 6) is 0.481. The number of aryl methyl sites for hydroxylation is 2. The number of thiazole rings is 1. The third kappa shape index (κ3) is 4.78. The van der Waals surface area contributed by atoms with Crippen LogP contribution in [0.4, 0.5) is 0 Å². The van der Waals surface area contributed by atoms with Crippen LogP contribution in [0.15, 0.2) is 4.99 Å². The molecule has 0 radical (unpaired) electrons. The quantitative estimate of drug-likeness (QED) is 0.497. The summed E-state index contributed by atoms with van der Waals surface area (Å²) in [5, 5.41) is 4.15. The van der Waals surface area contributed by atoms with E-state index < -0.39 is 0 Å². The van der Waals surface area contributed by atoms with E-state index >= 15 is 0 Å². The number of guanidine groups is 1. The maximum Gasteiger partial charge on any atom is 0.188 e.